The lowest BCUT2D eigenvalue weighted by molar-refractivity contribution is -0.116. The van der Waals surface area contributed by atoms with Crippen LogP contribution in [0.2, 0.25) is 5.02 Å². The summed E-state index contributed by atoms with van der Waals surface area (Å²) in [6.07, 6.45) is 0.864. The van der Waals surface area contributed by atoms with Crippen LogP contribution in [0.25, 0.3) is 0 Å². The molecule has 26 heavy (non-hydrogen) atoms. The van der Waals surface area contributed by atoms with Crippen LogP contribution in [-0.4, -0.2) is 25.5 Å². The predicted octanol–water partition coefficient (Wildman–Crippen LogP) is 4.11. The van der Waals surface area contributed by atoms with E-state index in [4.69, 9.17) is 16.3 Å². The number of anilines is 1. The first-order chi connectivity index (χ1) is 12.4. The second kappa shape index (κ2) is 9.25. The van der Waals surface area contributed by atoms with E-state index in [1.165, 1.54) is 0 Å². The van der Waals surface area contributed by atoms with Crippen LogP contribution in [0.1, 0.15) is 34.3 Å². The van der Waals surface area contributed by atoms with E-state index in [2.05, 4.69) is 10.6 Å². The number of carbonyl (C=O) groups excluding carboxylic acids is 2. The molecule has 2 aromatic carbocycles. The van der Waals surface area contributed by atoms with Crippen molar-refractivity contribution in [3.8, 4) is 5.75 Å². The summed E-state index contributed by atoms with van der Waals surface area (Å²) in [5.41, 5.74) is 2.76. The highest BCUT2D eigenvalue weighted by atomic mass is 35.5. The summed E-state index contributed by atoms with van der Waals surface area (Å²) < 4.78 is 5.69. The lowest BCUT2D eigenvalue weighted by atomic mass is 10.1. The number of carbonyl (C=O) groups is 2. The number of halogens is 1. The van der Waals surface area contributed by atoms with Gasteiger partial charge >= 0.3 is 0 Å². The van der Waals surface area contributed by atoms with Crippen molar-refractivity contribution in [2.45, 2.75) is 26.7 Å². The van der Waals surface area contributed by atoms with Crippen molar-refractivity contribution < 1.29 is 14.3 Å². The molecule has 0 heterocycles. The summed E-state index contributed by atoms with van der Waals surface area (Å²) in [5, 5.41) is 6.07. The Kier molecular flexibility index (Phi) is 7.04. The number of rotatable bonds is 7. The molecule has 0 saturated heterocycles. The Labute approximate surface area is 158 Å². The van der Waals surface area contributed by atoms with Gasteiger partial charge in [-0.3, -0.25) is 9.59 Å². The van der Waals surface area contributed by atoms with Gasteiger partial charge in [0.05, 0.1) is 17.9 Å². The largest absolute Gasteiger partial charge is 0.493 e. The average molecular weight is 375 g/mol. The molecule has 0 saturated carbocycles. The molecule has 0 radical (unpaired) electrons. The molecule has 0 unspecified atom stereocenters. The number of nitrogens with one attached hydrogen (secondary N) is 2. The Bertz CT molecular complexity index is 806. The minimum atomic E-state index is -0.222. The average Bonchev–Trinajstić information content (AvgIpc) is 2.60. The van der Waals surface area contributed by atoms with E-state index in [0.717, 1.165) is 16.9 Å². The molecule has 2 amide bonds. The molecule has 0 bridgehead atoms. The molecule has 2 N–H and O–H groups in total. The molecular formula is C20H23ClN2O3. The first-order valence-electron chi connectivity index (χ1n) is 8.43. The Morgan fingerprint density at radius 3 is 2.58 bits per heavy atom. The Hall–Kier alpha value is -2.53. The smallest absolute Gasteiger partial charge is 0.253 e. The fraction of sp³-hybridized carbons (Fsp3) is 0.300. The standard InChI is InChI=1S/C20H23ClN2O3/c1-13-6-4-7-16(19(13)20(25)22-3)23-18(24)8-5-11-26-17-10-9-15(21)12-14(17)2/h4,6-7,9-10,12H,5,8,11H2,1-3H3,(H,22,25)(H,23,24). The normalized spacial score (nSPS) is 10.3. The van der Waals surface area contributed by atoms with Gasteiger partial charge in [-0.25, -0.2) is 0 Å². The van der Waals surface area contributed by atoms with Crippen molar-refractivity contribution >= 4 is 29.1 Å². The van der Waals surface area contributed by atoms with Crippen molar-refractivity contribution in [1.29, 1.82) is 0 Å². The van der Waals surface area contributed by atoms with Gasteiger partial charge in [0.2, 0.25) is 5.91 Å². The summed E-state index contributed by atoms with van der Waals surface area (Å²) in [5.74, 6) is 0.382. The zero-order valence-corrected chi connectivity index (χ0v) is 15.9. The zero-order valence-electron chi connectivity index (χ0n) is 15.2. The molecule has 0 atom stereocenters. The van der Waals surface area contributed by atoms with Gasteiger partial charge in [0, 0.05) is 18.5 Å². The second-order valence-corrected chi connectivity index (χ2v) is 6.42. The molecule has 0 aliphatic carbocycles. The van der Waals surface area contributed by atoms with Gasteiger partial charge in [-0.2, -0.15) is 0 Å². The molecule has 6 heteroatoms. The van der Waals surface area contributed by atoms with E-state index in [0.29, 0.717) is 35.7 Å². The summed E-state index contributed by atoms with van der Waals surface area (Å²) in [6, 6.07) is 10.8. The van der Waals surface area contributed by atoms with Crippen molar-refractivity contribution in [1.82, 2.24) is 5.32 Å². The van der Waals surface area contributed by atoms with Gasteiger partial charge in [-0.05, 0) is 55.7 Å². The lowest BCUT2D eigenvalue weighted by Gasteiger charge is -2.13. The molecule has 0 fully saturated rings. The van der Waals surface area contributed by atoms with Crippen LogP contribution in [0.3, 0.4) is 0 Å². The van der Waals surface area contributed by atoms with Crippen molar-refractivity contribution in [3.63, 3.8) is 0 Å². The minimum absolute atomic E-state index is 0.155. The number of benzene rings is 2. The maximum atomic E-state index is 12.2. The summed E-state index contributed by atoms with van der Waals surface area (Å²) in [6.45, 7) is 4.18. The van der Waals surface area contributed by atoms with Crippen LogP contribution in [0, 0.1) is 13.8 Å². The zero-order chi connectivity index (χ0) is 19.1. The quantitative estimate of drug-likeness (QED) is 0.716. The van der Waals surface area contributed by atoms with Gasteiger partial charge in [-0.15, -0.1) is 0 Å². The van der Waals surface area contributed by atoms with Crippen molar-refractivity contribution in [2.24, 2.45) is 0 Å². The highest BCUT2D eigenvalue weighted by Crippen LogP contribution is 2.22. The summed E-state index contributed by atoms with van der Waals surface area (Å²) >= 11 is 5.92. The van der Waals surface area contributed by atoms with Crippen molar-refractivity contribution in [2.75, 3.05) is 19.0 Å². The summed E-state index contributed by atoms with van der Waals surface area (Å²) in [7, 11) is 1.57. The third-order valence-corrected chi connectivity index (χ3v) is 4.18. The summed E-state index contributed by atoms with van der Waals surface area (Å²) in [4.78, 5) is 24.2. The highest BCUT2D eigenvalue weighted by Gasteiger charge is 2.14. The molecule has 0 aliphatic rings. The Balaban J connectivity index is 1.88. The van der Waals surface area contributed by atoms with Crippen LogP contribution in [0.4, 0.5) is 5.69 Å². The van der Waals surface area contributed by atoms with E-state index in [1.54, 1.807) is 19.2 Å². The van der Waals surface area contributed by atoms with Crippen LogP contribution in [-0.2, 0) is 4.79 Å². The maximum absolute atomic E-state index is 12.2. The number of hydrogen-bond donors (Lipinski definition) is 2. The molecule has 2 rings (SSSR count). The van der Waals surface area contributed by atoms with E-state index < -0.39 is 0 Å². The van der Waals surface area contributed by atoms with Gasteiger partial charge in [0.15, 0.2) is 0 Å². The van der Waals surface area contributed by atoms with Gasteiger partial charge in [0.1, 0.15) is 5.75 Å². The van der Waals surface area contributed by atoms with Crippen LogP contribution in [0.5, 0.6) is 5.75 Å². The molecule has 5 nitrogen and oxygen atoms in total. The molecule has 0 spiro atoms. The van der Waals surface area contributed by atoms with Gasteiger partial charge in [-0.1, -0.05) is 23.7 Å². The topological polar surface area (TPSA) is 67.4 Å². The minimum Gasteiger partial charge on any atom is -0.493 e. The second-order valence-electron chi connectivity index (χ2n) is 5.99. The SMILES string of the molecule is CNC(=O)c1c(C)cccc1NC(=O)CCCOc1ccc(Cl)cc1C. The highest BCUT2D eigenvalue weighted by molar-refractivity contribution is 6.30. The van der Waals surface area contributed by atoms with Crippen LogP contribution >= 0.6 is 11.6 Å². The Morgan fingerprint density at radius 2 is 1.88 bits per heavy atom. The third-order valence-electron chi connectivity index (χ3n) is 3.94. The van der Waals surface area contributed by atoms with Gasteiger partial charge in [0.25, 0.3) is 5.91 Å². The van der Waals surface area contributed by atoms with Gasteiger partial charge < -0.3 is 15.4 Å². The van der Waals surface area contributed by atoms with Crippen molar-refractivity contribution in [3.05, 3.63) is 58.1 Å². The van der Waals surface area contributed by atoms with Crippen LogP contribution < -0.4 is 15.4 Å². The number of amides is 2. The van der Waals surface area contributed by atoms with E-state index >= 15 is 0 Å². The van der Waals surface area contributed by atoms with Crippen LogP contribution in [0.15, 0.2) is 36.4 Å². The maximum Gasteiger partial charge on any atom is 0.253 e. The van der Waals surface area contributed by atoms with E-state index in [9.17, 15) is 9.59 Å². The first kappa shape index (κ1) is 19.8. The number of hydrogen-bond acceptors (Lipinski definition) is 3. The molecule has 2 aromatic rings. The van der Waals surface area contributed by atoms with E-state index in [-0.39, 0.29) is 11.8 Å². The monoisotopic (exact) mass is 374 g/mol. The fourth-order valence-electron chi connectivity index (χ4n) is 2.60. The fourth-order valence-corrected chi connectivity index (χ4v) is 2.83. The molecule has 138 valence electrons. The number of ether oxygens (including phenoxy) is 1. The molecular weight excluding hydrogens is 352 g/mol. The lowest BCUT2D eigenvalue weighted by Crippen LogP contribution is -2.22. The third kappa shape index (κ3) is 5.23. The van der Waals surface area contributed by atoms with E-state index in [1.807, 2.05) is 38.1 Å². The Morgan fingerprint density at radius 1 is 1.12 bits per heavy atom. The number of aryl methyl sites for hydroxylation is 2. The molecule has 0 aliphatic heterocycles. The predicted molar refractivity (Wildman–Crippen MR) is 104 cm³/mol. The molecule has 0 aromatic heterocycles. The first-order valence-corrected chi connectivity index (χ1v) is 8.80.